The largest absolute Gasteiger partial charge is 0.492 e. The van der Waals surface area contributed by atoms with E-state index in [0.717, 1.165) is 30.6 Å². The fourth-order valence-corrected chi connectivity index (χ4v) is 12.6. The van der Waals surface area contributed by atoms with Gasteiger partial charge in [-0.2, -0.15) is 5.48 Å². The molecule has 1 amide bonds. The SMILES string of the molecule is CCN[C@H]1CO[C@@H](O[C@H]2[C@H](O[C@H]3C#C/C=C\C#CC4(O)CC(=O)C(NC(=O)OC)=C3/C4=C\CSC(C)=O)O[C@H](C)[C@@H](NO[C@H]3C[C@H](O)C(SC(=O)c4c(C)c(Br)c(O[C@@H]5O[C@@H](C)C(O)[C@@H](OC)[C@H]5O)c(OC)c4OC)[C@@H](C)O3)[C@@H]2O)C[C@@H]1OC. The van der Waals surface area contributed by atoms with Gasteiger partial charge >= 0.3 is 6.09 Å². The Morgan fingerprint density at radius 2 is 1.58 bits per heavy atom. The molecular formula is C56H74BrN3O22S2. The molecule has 25 nitrogen and oxygen atoms in total. The van der Waals surface area contributed by atoms with E-state index in [2.05, 4.69) is 55.7 Å². The smallest absolute Gasteiger partial charge is 0.411 e. The van der Waals surface area contributed by atoms with Crippen LogP contribution in [0.4, 0.5) is 4.79 Å². The van der Waals surface area contributed by atoms with Crippen LogP contribution in [0.25, 0.3) is 0 Å². The number of hydroxylamine groups is 1. The molecule has 1 aromatic rings. The number of rotatable bonds is 20. The average Bonchev–Trinajstić information content (AvgIpc) is 3.34. The second-order valence-electron chi connectivity index (χ2n) is 20.4. The molecule has 464 valence electrons. The number of hydrogen-bond acceptors (Lipinski definition) is 26. The molecule has 0 radical (unpaired) electrons. The normalized spacial score (nSPS) is 35.9. The number of amides is 1. The second kappa shape index (κ2) is 30.1. The quantitative estimate of drug-likeness (QED) is 0.0683. The van der Waals surface area contributed by atoms with Crippen molar-refractivity contribution in [1.29, 1.82) is 0 Å². The second-order valence-corrected chi connectivity index (χ2v) is 23.5. The summed E-state index contributed by atoms with van der Waals surface area (Å²) in [6.45, 7) is 10.6. The van der Waals surface area contributed by atoms with E-state index in [1.807, 2.05) is 6.92 Å². The minimum Gasteiger partial charge on any atom is -0.492 e. The van der Waals surface area contributed by atoms with Crippen LogP contribution in [-0.2, 0) is 57.1 Å². The van der Waals surface area contributed by atoms with Crippen LogP contribution in [0.5, 0.6) is 17.2 Å². The van der Waals surface area contributed by atoms with E-state index in [0.29, 0.717) is 12.1 Å². The first-order valence-electron chi connectivity index (χ1n) is 27.1. The van der Waals surface area contributed by atoms with Crippen LogP contribution >= 0.6 is 39.5 Å². The highest BCUT2D eigenvalue weighted by molar-refractivity contribution is 9.10. The highest BCUT2D eigenvalue weighted by atomic mass is 79.9. The number of aliphatic hydroxyl groups is 5. The molecule has 4 heterocycles. The lowest BCUT2D eigenvalue weighted by molar-refractivity contribution is -0.336. The third-order valence-corrected chi connectivity index (χ3v) is 17.9. The molecule has 4 aliphatic heterocycles. The number of ketones is 1. The van der Waals surface area contributed by atoms with Crippen LogP contribution in [0.3, 0.4) is 0 Å². The maximum absolute atomic E-state index is 14.4. The van der Waals surface area contributed by atoms with E-state index in [9.17, 15) is 44.7 Å². The van der Waals surface area contributed by atoms with Crippen LogP contribution in [0.2, 0.25) is 0 Å². The summed E-state index contributed by atoms with van der Waals surface area (Å²) in [6.07, 6.45) is -14.8. The molecule has 2 aliphatic carbocycles. The summed E-state index contributed by atoms with van der Waals surface area (Å²) in [5, 5.41) is 62.1. The van der Waals surface area contributed by atoms with Gasteiger partial charge in [-0.25, -0.2) is 4.79 Å². The lowest BCUT2D eigenvalue weighted by atomic mass is 9.75. The number of Topliss-reactive ketones (excluding diaryl/α,β-unsaturated/α-hetero) is 1. The third kappa shape index (κ3) is 15.2. The Hall–Kier alpha value is -4.22. The molecule has 0 spiro atoms. The number of aliphatic hydroxyl groups excluding tert-OH is 4. The number of nitrogens with one attached hydrogen (secondary N) is 3. The van der Waals surface area contributed by atoms with Gasteiger partial charge in [0.1, 0.15) is 36.6 Å². The summed E-state index contributed by atoms with van der Waals surface area (Å²) in [7, 11) is 6.68. The monoisotopic (exact) mass is 1280 g/mol. The number of likely N-dealkylation sites (N-methyl/N-ethyl adjacent to an activating group) is 1. The number of carbonyl (C=O) groups is 4. The van der Waals surface area contributed by atoms with Crippen molar-refractivity contribution in [3.05, 3.63) is 50.7 Å². The third-order valence-electron chi connectivity index (χ3n) is 14.9. The molecule has 8 N–H and O–H groups in total. The Morgan fingerprint density at radius 3 is 2.24 bits per heavy atom. The fourth-order valence-electron chi connectivity index (χ4n) is 10.5. The topological polar surface area (TPSA) is 326 Å². The zero-order valence-electron chi connectivity index (χ0n) is 48.2. The molecule has 0 saturated carbocycles. The summed E-state index contributed by atoms with van der Waals surface area (Å²) in [5.74, 6) is 10.5. The van der Waals surface area contributed by atoms with E-state index in [4.69, 9.17) is 61.7 Å². The van der Waals surface area contributed by atoms with E-state index in [-0.39, 0.29) is 80.5 Å². The number of benzene rings is 1. The minimum atomic E-state index is -2.16. The van der Waals surface area contributed by atoms with Gasteiger partial charge in [0.2, 0.25) is 17.2 Å². The Labute approximate surface area is 503 Å². The Morgan fingerprint density at radius 1 is 0.869 bits per heavy atom. The molecule has 0 aromatic heterocycles. The summed E-state index contributed by atoms with van der Waals surface area (Å²) in [4.78, 5) is 59.6. The highest BCUT2D eigenvalue weighted by Gasteiger charge is 2.52. The minimum absolute atomic E-state index is 0.00805. The van der Waals surface area contributed by atoms with Crippen molar-refractivity contribution in [2.24, 2.45) is 0 Å². The molecular weight excluding hydrogens is 1210 g/mol. The predicted molar refractivity (Wildman–Crippen MR) is 304 cm³/mol. The van der Waals surface area contributed by atoms with E-state index in [1.54, 1.807) is 34.8 Å². The zero-order chi connectivity index (χ0) is 61.3. The lowest BCUT2D eigenvalue weighted by Crippen LogP contribution is -2.65. The molecule has 4 fully saturated rings. The Bertz CT molecular complexity index is 2770. The van der Waals surface area contributed by atoms with Crippen LogP contribution < -0.4 is 30.3 Å². The van der Waals surface area contributed by atoms with Gasteiger partial charge in [-0.05, 0) is 67.9 Å². The Balaban J connectivity index is 1.12. The highest BCUT2D eigenvalue weighted by Crippen LogP contribution is 2.50. The van der Waals surface area contributed by atoms with Gasteiger partial charge in [0.05, 0.1) is 97.9 Å². The molecule has 84 heavy (non-hydrogen) atoms. The molecule has 6 aliphatic rings. The van der Waals surface area contributed by atoms with E-state index in [1.165, 1.54) is 46.5 Å². The van der Waals surface area contributed by atoms with E-state index < -0.39 is 133 Å². The van der Waals surface area contributed by atoms with Gasteiger partial charge in [-0.3, -0.25) is 24.5 Å². The maximum Gasteiger partial charge on any atom is 0.411 e. The number of thioether (sulfide) groups is 2. The molecule has 7 rings (SSSR count). The number of ether oxygens (including phenoxy) is 12. The fraction of sp³-hybridized carbons (Fsp3) is 0.643. The van der Waals surface area contributed by atoms with Crippen LogP contribution in [0.1, 0.15) is 69.8 Å². The number of methoxy groups -OCH3 is 5. The number of fused-ring (bicyclic) bond motifs is 2. The van der Waals surface area contributed by atoms with Gasteiger partial charge in [-0.15, -0.1) is 0 Å². The summed E-state index contributed by atoms with van der Waals surface area (Å²) in [5.41, 5.74) is 0.707. The zero-order valence-corrected chi connectivity index (χ0v) is 51.5. The van der Waals surface area contributed by atoms with Crippen LogP contribution in [0.15, 0.2) is 39.5 Å². The number of halogens is 1. The predicted octanol–water partition coefficient (Wildman–Crippen LogP) is 1.98. The van der Waals surface area contributed by atoms with Crippen molar-refractivity contribution >= 4 is 61.6 Å². The van der Waals surface area contributed by atoms with Crippen molar-refractivity contribution in [3.63, 3.8) is 0 Å². The first-order chi connectivity index (χ1) is 40.0. The summed E-state index contributed by atoms with van der Waals surface area (Å²) < 4.78 is 72.0. The molecule has 1 aromatic carbocycles. The first kappa shape index (κ1) is 67.3. The van der Waals surface area contributed by atoms with Crippen LogP contribution in [-0.4, -0.2) is 217 Å². The molecule has 3 unspecified atom stereocenters. The first-order valence-corrected chi connectivity index (χ1v) is 29.7. The van der Waals surface area contributed by atoms with Gasteiger partial charge in [0.15, 0.2) is 46.9 Å². The summed E-state index contributed by atoms with van der Waals surface area (Å²) in [6, 6.07) is -1.32. The number of carbonyl (C=O) groups excluding carboxylic acids is 4. The maximum atomic E-state index is 14.4. The number of hydrogen-bond donors (Lipinski definition) is 8. The molecule has 4 saturated heterocycles. The Kier molecular flexibility index (Phi) is 24.1. The van der Waals surface area contributed by atoms with Crippen LogP contribution in [0, 0.1) is 30.6 Å². The van der Waals surface area contributed by atoms with Crippen molar-refractivity contribution in [2.45, 2.75) is 176 Å². The average molecular weight is 1290 g/mol. The molecule has 2 bridgehead atoms. The standard InChI is InChI=1S/C56H74BrN3O22S2/c1-12-58-31-24-75-36(22-35(31)70-7)80-49-44(65)41(26(3)77-54(49)79-34-17-15-13-14-16-19-56(69)23-33(63)42(59-55(68)74-11)39(34)30(56)18-20-83-29(6)61)60-82-37-21-32(62)51(28(5)76-37)84-52(67)38-25(2)40(57)47(50(73-10)46(38)71-8)81-53-45(66)48(72-9)43(64)27(4)78-53/h13-14,18,26-28,31-32,34-37,41,43-45,48-49,51,53-54,58,60,62,64-66,69H,12,20-24H2,1-11H3,(H,59,68)/b14-13-,30-18+/t26-,27+,28-,31+,32+,34+,35+,36+,37+,41-,43?,44+,45-,48-,49-,51?,53+,54+,56?/m1/s1. The summed E-state index contributed by atoms with van der Waals surface area (Å²) >= 11 is 5.25. The number of alkyl carbamates (subject to hydrolysis) is 1. The van der Waals surface area contributed by atoms with Gasteiger partial charge in [0, 0.05) is 50.9 Å². The van der Waals surface area contributed by atoms with Gasteiger partial charge in [-0.1, -0.05) is 60.2 Å². The number of allylic oxidation sites excluding steroid dienone is 3. The lowest BCUT2D eigenvalue weighted by Gasteiger charge is -2.46. The van der Waals surface area contributed by atoms with Gasteiger partial charge in [0.25, 0.3) is 0 Å². The van der Waals surface area contributed by atoms with E-state index >= 15 is 0 Å². The van der Waals surface area contributed by atoms with Crippen molar-refractivity contribution in [1.82, 2.24) is 16.1 Å². The molecule has 28 heteroatoms. The van der Waals surface area contributed by atoms with Crippen molar-refractivity contribution in [3.8, 4) is 40.9 Å². The van der Waals surface area contributed by atoms with Gasteiger partial charge < -0.3 is 87.7 Å². The molecule has 19 atom stereocenters. The van der Waals surface area contributed by atoms with Crippen molar-refractivity contribution in [2.75, 3.05) is 54.5 Å². The van der Waals surface area contributed by atoms with Crippen molar-refractivity contribution < 1.29 is 106 Å².